The van der Waals surface area contributed by atoms with Crippen molar-refractivity contribution in [2.24, 2.45) is 0 Å². The predicted molar refractivity (Wildman–Crippen MR) is 140 cm³/mol. The fourth-order valence-electron chi connectivity index (χ4n) is 3.69. The molecule has 0 saturated heterocycles. The maximum absolute atomic E-state index is 13.5. The largest absolute Gasteiger partial charge is 0.494 e. The molecule has 4 aromatic rings. The summed E-state index contributed by atoms with van der Waals surface area (Å²) in [5, 5.41) is 0. The van der Waals surface area contributed by atoms with Crippen LogP contribution in [0, 0.1) is 5.82 Å². The molecule has 0 atom stereocenters. The van der Waals surface area contributed by atoms with E-state index >= 15 is 0 Å². The van der Waals surface area contributed by atoms with E-state index in [1.54, 1.807) is 59.5 Å². The minimum atomic E-state index is -4.16. The Morgan fingerprint density at radius 1 is 0.921 bits per heavy atom. The van der Waals surface area contributed by atoms with E-state index in [4.69, 9.17) is 13.3 Å². The molecule has 1 heterocycles. The third kappa shape index (κ3) is 7.23. The van der Waals surface area contributed by atoms with Gasteiger partial charge in [-0.15, -0.1) is 0 Å². The zero-order chi connectivity index (χ0) is 27.0. The van der Waals surface area contributed by atoms with Crippen molar-refractivity contribution in [2.75, 3.05) is 6.61 Å². The number of rotatable bonds is 12. The second kappa shape index (κ2) is 12.4. The van der Waals surface area contributed by atoms with Gasteiger partial charge in [-0.1, -0.05) is 25.5 Å². The highest BCUT2D eigenvalue weighted by Crippen LogP contribution is 2.23. The highest BCUT2D eigenvalue weighted by atomic mass is 32.2. The fourth-order valence-corrected chi connectivity index (χ4v) is 4.62. The van der Waals surface area contributed by atoms with E-state index in [0.29, 0.717) is 29.2 Å². The molecule has 0 aliphatic rings. The molecule has 0 fully saturated rings. The van der Waals surface area contributed by atoms with Crippen LogP contribution in [0.2, 0.25) is 0 Å². The molecule has 7 nitrogen and oxygen atoms in total. The summed E-state index contributed by atoms with van der Waals surface area (Å²) in [4.78, 5) is 14.9. The Balaban J connectivity index is 1.52. The number of carbonyl (C=O) groups is 1. The van der Waals surface area contributed by atoms with E-state index in [2.05, 4.69) is 6.92 Å². The number of amides is 1. The molecule has 1 aromatic heterocycles. The van der Waals surface area contributed by atoms with Crippen LogP contribution in [0.1, 0.15) is 41.4 Å². The Kier molecular flexibility index (Phi) is 8.81. The summed E-state index contributed by atoms with van der Waals surface area (Å²) in [6, 6.07) is 21.3. The summed E-state index contributed by atoms with van der Waals surface area (Å²) in [5.74, 6) is 0.590. The number of furan rings is 1. The Labute approximate surface area is 221 Å². The smallest absolute Gasteiger partial charge is 0.339 e. The van der Waals surface area contributed by atoms with Gasteiger partial charge in [0.1, 0.15) is 28.0 Å². The Morgan fingerprint density at radius 2 is 1.68 bits per heavy atom. The number of hydrogen-bond donors (Lipinski definition) is 0. The molecule has 4 rings (SSSR count). The van der Waals surface area contributed by atoms with E-state index in [1.165, 1.54) is 12.3 Å². The monoisotopic (exact) mass is 537 g/mol. The minimum absolute atomic E-state index is 0.0748. The first-order valence-electron chi connectivity index (χ1n) is 12.2. The molecule has 3 aromatic carbocycles. The molecule has 0 radical (unpaired) electrons. The van der Waals surface area contributed by atoms with E-state index < -0.39 is 15.9 Å². The standard InChI is InChI=1S/C29H28FNO6S/c1-2-3-17-35-25-13-9-23(10-14-25)29(32)31(21-27-8-5-18-36-27)20-22-6-4-7-26(19-22)37-38(33,34)28-15-11-24(30)12-16-28/h4-16,18-19H,2-3,17,20-21H2,1H3. The van der Waals surface area contributed by atoms with Gasteiger partial charge in [0.2, 0.25) is 0 Å². The number of ether oxygens (including phenoxy) is 1. The van der Waals surface area contributed by atoms with Crippen molar-refractivity contribution in [3.63, 3.8) is 0 Å². The summed E-state index contributed by atoms with van der Waals surface area (Å²) in [7, 11) is -4.16. The molecule has 0 bridgehead atoms. The van der Waals surface area contributed by atoms with Crippen molar-refractivity contribution in [2.45, 2.75) is 37.8 Å². The van der Waals surface area contributed by atoms with Crippen molar-refractivity contribution in [3.8, 4) is 11.5 Å². The van der Waals surface area contributed by atoms with Crippen LogP contribution in [0.3, 0.4) is 0 Å². The van der Waals surface area contributed by atoms with Gasteiger partial charge in [0.05, 0.1) is 19.4 Å². The van der Waals surface area contributed by atoms with Gasteiger partial charge in [-0.05, 0) is 84.8 Å². The van der Waals surface area contributed by atoms with Gasteiger partial charge in [0.25, 0.3) is 5.91 Å². The van der Waals surface area contributed by atoms with Gasteiger partial charge in [-0.25, -0.2) is 4.39 Å². The number of unbranched alkanes of at least 4 members (excludes halogenated alkanes) is 1. The van der Waals surface area contributed by atoms with Crippen molar-refractivity contribution in [3.05, 3.63) is 114 Å². The Hall–Kier alpha value is -4.11. The SMILES string of the molecule is CCCCOc1ccc(C(=O)N(Cc2cccc(OS(=O)(=O)c3ccc(F)cc3)c2)Cc2ccco2)cc1. The lowest BCUT2D eigenvalue weighted by Crippen LogP contribution is -2.30. The summed E-state index contributed by atoms with van der Waals surface area (Å²) in [6.07, 6.45) is 3.52. The van der Waals surface area contributed by atoms with Crippen LogP contribution in [-0.4, -0.2) is 25.8 Å². The van der Waals surface area contributed by atoms with Crippen LogP contribution in [0.4, 0.5) is 4.39 Å². The fraction of sp³-hybridized carbons (Fsp3) is 0.207. The van der Waals surface area contributed by atoms with E-state index in [1.807, 2.05) is 0 Å². The second-order valence-electron chi connectivity index (χ2n) is 8.61. The third-order valence-electron chi connectivity index (χ3n) is 5.66. The van der Waals surface area contributed by atoms with Crippen LogP contribution in [-0.2, 0) is 23.2 Å². The lowest BCUT2D eigenvalue weighted by molar-refractivity contribution is 0.0717. The average molecular weight is 538 g/mol. The summed E-state index contributed by atoms with van der Waals surface area (Å²) in [5.41, 5.74) is 1.13. The molecule has 9 heteroatoms. The maximum Gasteiger partial charge on any atom is 0.339 e. The highest BCUT2D eigenvalue weighted by molar-refractivity contribution is 7.87. The van der Waals surface area contributed by atoms with Gasteiger partial charge in [-0.2, -0.15) is 8.42 Å². The van der Waals surface area contributed by atoms with E-state index in [9.17, 15) is 17.6 Å². The lowest BCUT2D eigenvalue weighted by atomic mass is 10.1. The molecular formula is C29H28FNO6S. The van der Waals surface area contributed by atoms with Gasteiger partial charge in [0, 0.05) is 12.1 Å². The van der Waals surface area contributed by atoms with Gasteiger partial charge in [-0.3, -0.25) is 4.79 Å². The summed E-state index contributed by atoms with van der Waals surface area (Å²) >= 11 is 0. The highest BCUT2D eigenvalue weighted by Gasteiger charge is 2.20. The molecule has 1 amide bonds. The first kappa shape index (κ1) is 26.9. The average Bonchev–Trinajstić information content (AvgIpc) is 3.42. The summed E-state index contributed by atoms with van der Waals surface area (Å²) in [6.45, 7) is 3.08. The summed E-state index contributed by atoms with van der Waals surface area (Å²) < 4.78 is 54.9. The number of halogens is 1. The van der Waals surface area contributed by atoms with Crippen LogP contribution in [0.15, 0.2) is 101 Å². The first-order chi connectivity index (χ1) is 18.3. The van der Waals surface area contributed by atoms with E-state index in [-0.39, 0.29) is 29.6 Å². The Bertz CT molecular complexity index is 1440. The molecule has 0 aliphatic carbocycles. The van der Waals surface area contributed by atoms with Crippen LogP contribution in [0.25, 0.3) is 0 Å². The zero-order valence-electron chi connectivity index (χ0n) is 20.9. The molecule has 0 spiro atoms. The molecule has 0 saturated carbocycles. The first-order valence-corrected chi connectivity index (χ1v) is 13.6. The topological polar surface area (TPSA) is 86.0 Å². The molecule has 0 unspecified atom stereocenters. The molecule has 38 heavy (non-hydrogen) atoms. The Morgan fingerprint density at radius 3 is 2.37 bits per heavy atom. The van der Waals surface area contributed by atoms with Gasteiger partial charge < -0.3 is 18.2 Å². The maximum atomic E-state index is 13.5. The van der Waals surface area contributed by atoms with Crippen molar-refractivity contribution in [1.29, 1.82) is 0 Å². The lowest BCUT2D eigenvalue weighted by Gasteiger charge is -2.22. The van der Waals surface area contributed by atoms with E-state index in [0.717, 1.165) is 37.1 Å². The normalized spacial score (nSPS) is 11.2. The molecule has 0 aliphatic heterocycles. The second-order valence-corrected chi connectivity index (χ2v) is 10.2. The number of benzene rings is 3. The predicted octanol–water partition coefficient (Wildman–Crippen LogP) is 6.21. The van der Waals surface area contributed by atoms with Crippen molar-refractivity contribution in [1.82, 2.24) is 4.90 Å². The van der Waals surface area contributed by atoms with Crippen LogP contribution < -0.4 is 8.92 Å². The number of carbonyl (C=O) groups excluding carboxylic acids is 1. The molecular weight excluding hydrogens is 509 g/mol. The molecule has 0 N–H and O–H groups in total. The number of nitrogens with zero attached hydrogens (tertiary/aromatic N) is 1. The quantitative estimate of drug-likeness (QED) is 0.158. The number of hydrogen-bond acceptors (Lipinski definition) is 6. The van der Waals surface area contributed by atoms with Gasteiger partial charge >= 0.3 is 10.1 Å². The van der Waals surface area contributed by atoms with Gasteiger partial charge in [0.15, 0.2) is 0 Å². The van der Waals surface area contributed by atoms with Crippen molar-refractivity contribution >= 4 is 16.0 Å². The van der Waals surface area contributed by atoms with Crippen LogP contribution in [0.5, 0.6) is 11.5 Å². The third-order valence-corrected chi connectivity index (χ3v) is 6.92. The van der Waals surface area contributed by atoms with Crippen molar-refractivity contribution < 1.29 is 30.9 Å². The van der Waals surface area contributed by atoms with Crippen LogP contribution >= 0.6 is 0 Å². The minimum Gasteiger partial charge on any atom is -0.494 e. The zero-order valence-corrected chi connectivity index (χ0v) is 21.7. The molecule has 198 valence electrons.